The second kappa shape index (κ2) is 21.1. The molecule has 2 aliphatic rings. The van der Waals surface area contributed by atoms with Gasteiger partial charge in [0.05, 0.1) is 19.5 Å². The standard InChI is InChI=1S/C17H30N4O3.C17H29N3O3/c1-21(2)12-15-18-17(24-20-15)14(11-16(22)19-23)10-6-9-13-7-4-3-5-8-13;1-20(2)12-15-18-17(23-19-15)14(11-16(21)22)10-6-9-13-7-4-3-5-8-13/h13-14,23H,3-12H2,1-2H3,(H,19,22);13-14H,3-12H2,1-2H3,(H,21,22)/t2*14-/m11/s1. The summed E-state index contributed by atoms with van der Waals surface area (Å²) in [5, 5.41) is 25.9. The van der Waals surface area contributed by atoms with Crippen LogP contribution in [-0.2, 0) is 22.7 Å². The van der Waals surface area contributed by atoms with Crippen LogP contribution < -0.4 is 5.48 Å². The molecule has 4 rings (SSSR count). The van der Waals surface area contributed by atoms with Crippen molar-refractivity contribution in [2.45, 2.75) is 141 Å². The number of rotatable bonds is 18. The highest BCUT2D eigenvalue weighted by Gasteiger charge is 2.25. The van der Waals surface area contributed by atoms with Crippen LogP contribution in [-0.4, -0.2) is 80.5 Å². The van der Waals surface area contributed by atoms with Crippen molar-refractivity contribution >= 4 is 11.9 Å². The van der Waals surface area contributed by atoms with E-state index < -0.39 is 11.9 Å². The monoisotopic (exact) mass is 661 g/mol. The third-order valence-electron chi connectivity index (χ3n) is 9.34. The van der Waals surface area contributed by atoms with Crippen LogP contribution in [0.3, 0.4) is 0 Å². The fraction of sp³-hybridized carbons (Fsp3) is 0.824. The first kappa shape index (κ1) is 38.5. The molecule has 0 spiro atoms. The molecular weight excluding hydrogens is 602 g/mol. The summed E-state index contributed by atoms with van der Waals surface area (Å²) in [6.07, 6.45) is 19.8. The van der Waals surface area contributed by atoms with Crippen molar-refractivity contribution in [3.8, 4) is 0 Å². The minimum absolute atomic E-state index is 0.0638. The Hall–Kier alpha value is -2.90. The maximum Gasteiger partial charge on any atom is 0.304 e. The number of aromatic nitrogens is 4. The van der Waals surface area contributed by atoms with E-state index in [1.165, 1.54) is 77.0 Å². The minimum Gasteiger partial charge on any atom is -0.481 e. The second-order valence-corrected chi connectivity index (χ2v) is 14.2. The summed E-state index contributed by atoms with van der Waals surface area (Å²) >= 11 is 0. The third-order valence-corrected chi connectivity index (χ3v) is 9.34. The lowest BCUT2D eigenvalue weighted by Crippen LogP contribution is -2.21. The van der Waals surface area contributed by atoms with Crippen LogP contribution in [0.2, 0.25) is 0 Å². The number of amides is 1. The number of aliphatic carboxylic acids is 1. The SMILES string of the molecule is CN(C)Cc1noc([C@H](CCCC2CCCCC2)CC(=O)NO)n1.CN(C)Cc1noc([C@H](CCCC2CCCCC2)CC(=O)O)n1. The molecule has 0 bridgehead atoms. The van der Waals surface area contributed by atoms with Crippen LogP contribution in [0.5, 0.6) is 0 Å². The van der Waals surface area contributed by atoms with E-state index in [2.05, 4.69) is 20.3 Å². The van der Waals surface area contributed by atoms with Gasteiger partial charge in [0.25, 0.3) is 0 Å². The number of carbonyl (C=O) groups excluding carboxylic acids is 1. The zero-order valence-electron chi connectivity index (χ0n) is 29.2. The lowest BCUT2D eigenvalue weighted by Gasteiger charge is -2.22. The van der Waals surface area contributed by atoms with Gasteiger partial charge >= 0.3 is 5.97 Å². The van der Waals surface area contributed by atoms with Gasteiger partial charge in [0, 0.05) is 18.3 Å². The van der Waals surface area contributed by atoms with Crippen molar-refractivity contribution in [2.75, 3.05) is 28.2 Å². The fourth-order valence-corrected chi connectivity index (χ4v) is 6.92. The molecule has 2 saturated carbocycles. The fourth-order valence-electron chi connectivity index (χ4n) is 6.92. The second-order valence-electron chi connectivity index (χ2n) is 14.2. The molecule has 47 heavy (non-hydrogen) atoms. The molecule has 0 unspecified atom stereocenters. The molecule has 2 aromatic heterocycles. The van der Waals surface area contributed by atoms with Crippen LogP contribution in [0.25, 0.3) is 0 Å². The maximum absolute atomic E-state index is 11.6. The number of carboxylic acid groups (broad SMARTS) is 1. The van der Waals surface area contributed by atoms with Crippen molar-refractivity contribution < 1.29 is 28.9 Å². The molecule has 2 aromatic rings. The molecule has 0 radical (unpaired) electrons. The first-order valence-electron chi connectivity index (χ1n) is 17.7. The van der Waals surface area contributed by atoms with E-state index in [0.29, 0.717) is 36.5 Å². The molecule has 0 aliphatic heterocycles. The normalized spacial score (nSPS) is 17.3. The Morgan fingerprint density at radius 1 is 0.745 bits per heavy atom. The van der Waals surface area contributed by atoms with Gasteiger partial charge in [0.2, 0.25) is 17.7 Å². The van der Waals surface area contributed by atoms with Gasteiger partial charge in [-0.05, 0) is 52.9 Å². The van der Waals surface area contributed by atoms with Gasteiger partial charge in [-0.1, -0.05) is 100 Å². The van der Waals surface area contributed by atoms with Gasteiger partial charge in [-0.25, -0.2) is 5.48 Å². The third kappa shape index (κ3) is 15.2. The van der Waals surface area contributed by atoms with E-state index in [0.717, 1.165) is 37.5 Å². The van der Waals surface area contributed by atoms with Crippen LogP contribution in [0, 0.1) is 11.8 Å². The average molecular weight is 662 g/mol. The number of hydrogen-bond donors (Lipinski definition) is 3. The van der Waals surface area contributed by atoms with Crippen LogP contribution in [0.4, 0.5) is 0 Å². The topological polar surface area (TPSA) is 171 Å². The number of nitrogens with one attached hydrogen (secondary N) is 1. The van der Waals surface area contributed by atoms with Crippen LogP contribution in [0.15, 0.2) is 9.05 Å². The molecule has 0 aromatic carbocycles. The molecule has 2 atom stereocenters. The van der Waals surface area contributed by atoms with Gasteiger partial charge in [0.1, 0.15) is 0 Å². The number of hydroxylamine groups is 1. The van der Waals surface area contributed by atoms with Crippen LogP contribution in [0.1, 0.15) is 151 Å². The van der Waals surface area contributed by atoms with E-state index in [-0.39, 0.29) is 24.7 Å². The largest absolute Gasteiger partial charge is 0.481 e. The molecule has 2 aliphatic carbocycles. The molecule has 0 saturated heterocycles. The summed E-state index contributed by atoms with van der Waals surface area (Å²) in [6.45, 7) is 1.20. The summed E-state index contributed by atoms with van der Waals surface area (Å²) in [6, 6.07) is 0. The van der Waals surface area contributed by atoms with Gasteiger partial charge in [-0.2, -0.15) is 9.97 Å². The highest BCUT2D eigenvalue weighted by Crippen LogP contribution is 2.32. The average Bonchev–Trinajstić information content (AvgIpc) is 3.70. The lowest BCUT2D eigenvalue weighted by molar-refractivity contribution is -0.137. The Bertz CT molecular complexity index is 1160. The Labute approximate surface area is 280 Å². The van der Waals surface area contributed by atoms with Crippen molar-refractivity contribution in [1.29, 1.82) is 0 Å². The van der Waals surface area contributed by atoms with Gasteiger partial charge in [-0.15, -0.1) is 0 Å². The number of carbonyl (C=O) groups is 2. The summed E-state index contributed by atoms with van der Waals surface area (Å²) in [5.74, 6) is 2.34. The molecule has 2 heterocycles. The zero-order valence-corrected chi connectivity index (χ0v) is 29.2. The molecular formula is C34H59N7O6. The predicted octanol–water partition coefficient (Wildman–Crippen LogP) is 6.30. The summed E-state index contributed by atoms with van der Waals surface area (Å²) < 4.78 is 10.7. The van der Waals surface area contributed by atoms with Crippen molar-refractivity contribution in [3.05, 3.63) is 23.4 Å². The maximum atomic E-state index is 11.6. The van der Waals surface area contributed by atoms with Gasteiger partial charge in [-0.3, -0.25) is 14.8 Å². The molecule has 266 valence electrons. The first-order chi connectivity index (χ1) is 22.6. The smallest absolute Gasteiger partial charge is 0.304 e. The van der Waals surface area contributed by atoms with Gasteiger partial charge in [0.15, 0.2) is 11.6 Å². The Balaban J connectivity index is 0.000000256. The van der Waals surface area contributed by atoms with Crippen molar-refractivity contribution in [2.24, 2.45) is 11.8 Å². The van der Waals surface area contributed by atoms with Crippen LogP contribution >= 0.6 is 0 Å². The number of hydrogen-bond acceptors (Lipinski definition) is 11. The first-order valence-corrected chi connectivity index (χ1v) is 17.7. The molecule has 13 heteroatoms. The Kier molecular flexibility index (Phi) is 17.3. The minimum atomic E-state index is -0.806. The summed E-state index contributed by atoms with van der Waals surface area (Å²) in [4.78, 5) is 35.5. The molecule has 2 fully saturated rings. The predicted molar refractivity (Wildman–Crippen MR) is 177 cm³/mol. The number of carboxylic acids is 1. The lowest BCUT2D eigenvalue weighted by atomic mass is 9.84. The van der Waals surface area contributed by atoms with E-state index in [1.54, 1.807) is 5.48 Å². The van der Waals surface area contributed by atoms with E-state index >= 15 is 0 Å². The molecule has 1 amide bonds. The molecule has 3 N–H and O–H groups in total. The van der Waals surface area contributed by atoms with E-state index in [1.807, 2.05) is 38.0 Å². The highest BCUT2D eigenvalue weighted by atomic mass is 16.5. The zero-order chi connectivity index (χ0) is 34.0. The molecule has 13 nitrogen and oxygen atoms in total. The Morgan fingerprint density at radius 3 is 1.55 bits per heavy atom. The highest BCUT2D eigenvalue weighted by molar-refractivity contribution is 5.75. The Morgan fingerprint density at radius 2 is 1.17 bits per heavy atom. The van der Waals surface area contributed by atoms with Gasteiger partial charge < -0.3 is 24.0 Å². The van der Waals surface area contributed by atoms with Crippen molar-refractivity contribution in [1.82, 2.24) is 35.6 Å². The quantitative estimate of drug-likeness (QED) is 0.120. The number of nitrogens with zero attached hydrogens (tertiary/aromatic N) is 6. The van der Waals surface area contributed by atoms with Crippen molar-refractivity contribution in [3.63, 3.8) is 0 Å². The summed E-state index contributed by atoms with van der Waals surface area (Å²) in [7, 11) is 7.76. The van der Waals surface area contributed by atoms with E-state index in [9.17, 15) is 9.59 Å². The summed E-state index contributed by atoms with van der Waals surface area (Å²) in [5.41, 5.74) is 1.71. The van der Waals surface area contributed by atoms with E-state index in [4.69, 9.17) is 19.4 Å².